The van der Waals surface area contributed by atoms with Crippen LogP contribution in [0.2, 0.25) is 0 Å². The van der Waals surface area contributed by atoms with Crippen LogP contribution in [0.4, 0.5) is 0 Å². The minimum Gasteiger partial charge on any atom is -0.481 e. The Labute approximate surface area is 96.3 Å². The van der Waals surface area contributed by atoms with E-state index in [1.807, 2.05) is 18.7 Å². The van der Waals surface area contributed by atoms with E-state index in [4.69, 9.17) is 5.11 Å². The van der Waals surface area contributed by atoms with Crippen LogP contribution in [0.1, 0.15) is 37.2 Å². The zero-order valence-corrected chi connectivity index (χ0v) is 10.4. The number of rotatable bonds is 5. The van der Waals surface area contributed by atoms with E-state index in [2.05, 4.69) is 18.9 Å². The Morgan fingerprint density at radius 1 is 1.50 bits per heavy atom. The molecule has 0 atom stereocenters. The van der Waals surface area contributed by atoms with E-state index in [0.717, 1.165) is 17.8 Å². The molecule has 0 aromatic carbocycles. The van der Waals surface area contributed by atoms with Crippen molar-refractivity contribution in [1.29, 1.82) is 0 Å². The number of carboxylic acids is 1. The fraction of sp³-hybridized carbons (Fsp3) is 0.667. The highest BCUT2D eigenvalue weighted by molar-refractivity contribution is 5.67. The smallest absolute Gasteiger partial charge is 0.303 e. The Morgan fingerprint density at radius 2 is 2.12 bits per heavy atom. The third-order valence-corrected chi connectivity index (χ3v) is 2.66. The minimum atomic E-state index is -0.755. The molecule has 1 rings (SSSR count). The first-order valence-electron chi connectivity index (χ1n) is 5.65. The number of nitrogens with zero attached hydrogens (tertiary/aromatic N) is 2. The first-order chi connectivity index (χ1) is 7.41. The van der Waals surface area contributed by atoms with Gasteiger partial charge in [0, 0.05) is 19.2 Å². The summed E-state index contributed by atoms with van der Waals surface area (Å²) in [7, 11) is 1.88. The lowest BCUT2D eigenvalue weighted by atomic mass is 9.99. The molecule has 0 saturated heterocycles. The van der Waals surface area contributed by atoms with Crippen molar-refractivity contribution < 1.29 is 9.90 Å². The van der Waals surface area contributed by atoms with Gasteiger partial charge in [0.25, 0.3) is 0 Å². The van der Waals surface area contributed by atoms with Crippen LogP contribution in [-0.4, -0.2) is 20.9 Å². The highest BCUT2D eigenvalue weighted by atomic mass is 16.4. The summed E-state index contributed by atoms with van der Waals surface area (Å²) >= 11 is 0. The molecule has 0 radical (unpaired) electrons. The summed E-state index contributed by atoms with van der Waals surface area (Å²) in [5, 5.41) is 13.1. The van der Waals surface area contributed by atoms with Gasteiger partial charge in [-0.15, -0.1) is 0 Å². The number of aryl methyl sites for hydroxylation is 2. The van der Waals surface area contributed by atoms with Gasteiger partial charge in [0.2, 0.25) is 0 Å². The molecule has 1 N–H and O–H groups in total. The number of aromatic nitrogens is 2. The average molecular weight is 224 g/mol. The van der Waals surface area contributed by atoms with Crippen molar-refractivity contribution in [2.24, 2.45) is 13.0 Å². The summed E-state index contributed by atoms with van der Waals surface area (Å²) in [6.45, 7) is 6.31. The standard InChI is InChI=1S/C12H20N2O2/c1-8(2)7-10-9(3)13-14(4)11(10)5-6-12(15)16/h8H,5-7H2,1-4H3,(H,15,16). The lowest BCUT2D eigenvalue weighted by Crippen LogP contribution is -2.06. The summed E-state index contributed by atoms with van der Waals surface area (Å²) in [4.78, 5) is 10.6. The summed E-state index contributed by atoms with van der Waals surface area (Å²) in [6.07, 6.45) is 1.70. The van der Waals surface area contributed by atoms with Crippen molar-refractivity contribution >= 4 is 5.97 Å². The predicted molar refractivity (Wildman–Crippen MR) is 62.4 cm³/mol. The highest BCUT2D eigenvalue weighted by Gasteiger charge is 2.15. The molecule has 16 heavy (non-hydrogen) atoms. The van der Waals surface area contributed by atoms with Gasteiger partial charge >= 0.3 is 5.97 Å². The maximum absolute atomic E-state index is 10.6. The van der Waals surface area contributed by atoms with Gasteiger partial charge in [0.15, 0.2) is 0 Å². The van der Waals surface area contributed by atoms with Crippen LogP contribution >= 0.6 is 0 Å². The second-order valence-electron chi connectivity index (χ2n) is 4.63. The van der Waals surface area contributed by atoms with Crippen molar-refractivity contribution in [2.45, 2.75) is 40.0 Å². The molecule has 90 valence electrons. The molecule has 0 fully saturated rings. The molecule has 1 aromatic rings. The maximum atomic E-state index is 10.6. The maximum Gasteiger partial charge on any atom is 0.303 e. The summed E-state index contributed by atoms with van der Waals surface area (Å²) in [5.74, 6) is -0.194. The molecule has 0 aliphatic heterocycles. The van der Waals surface area contributed by atoms with Crippen LogP contribution in [-0.2, 0) is 24.7 Å². The number of carboxylic acid groups (broad SMARTS) is 1. The predicted octanol–water partition coefficient (Wildman–Crippen LogP) is 1.94. The summed E-state index contributed by atoms with van der Waals surface area (Å²) < 4.78 is 1.82. The van der Waals surface area contributed by atoms with E-state index in [1.165, 1.54) is 5.56 Å². The largest absolute Gasteiger partial charge is 0.481 e. The van der Waals surface area contributed by atoms with Crippen molar-refractivity contribution in [1.82, 2.24) is 9.78 Å². The van der Waals surface area contributed by atoms with Gasteiger partial charge in [0.05, 0.1) is 12.1 Å². The topological polar surface area (TPSA) is 55.1 Å². The molecule has 1 heterocycles. The zero-order valence-electron chi connectivity index (χ0n) is 10.4. The fourth-order valence-electron chi connectivity index (χ4n) is 1.96. The van der Waals surface area contributed by atoms with Gasteiger partial charge in [-0.2, -0.15) is 5.10 Å². The van der Waals surface area contributed by atoms with Crippen LogP contribution in [0.15, 0.2) is 0 Å². The van der Waals surface area contributed by atoms with E-state index >= 15 is 0 Å². The molecule has 0 saturated carbocycles. The van der Waals surface area contributed by atoms with Gasteiger partial charge in [-0.1, -0.05) is 13.8 Å². The summed E-state index contributed by atoms with van der Waals surface area (Å²) in [5.41, 5.74) is 3.31. The second-order valence-corrected chi connectivity index (χ2v) is 4.63. The quantitative estimate of drug-likeness (QED) is 0.831. The second kappa shape index (κ2) is 5.14. The van der Waals surface area contributed by atoms with E-state index in [0.29, 0.717) is 12.3 Å². The molecule has 0 aliphatic carbocycles. The zero-order chi connectivity index (χ0) is 12.3. The van der Waals surface area contributed by atoms with E-state index in [-0.39, 0.29) is 6.42 Å². The first-order valence-corrected chi connectivity index (χ1v) is 5.65. The molecule has 0 bridgehead atoms. The van der Waals surface area contributed by atoms with Gasteiger partial charge < -0.3 is 5.11 Å². The van der Waals surface area contributed by atoms with Crippen LogP contribution in [0.3, 0.4) is 0 Å². The van der Waals surface area contributed by atoms with E-state index < -0.39 is 5.97 Å². The van der Waals surface area contributed by atoms with Crippen LogP contribution in [0, 0.1) is 12.8 Å². The number of hydrogen-bond acceptors (Lipinski definition) is 2. The monoisotopic (exact) mass is 224 g/mol. The Balaban J connectivity index is 2.91. The first kappa shape index (κ1) is 12.7. The van der Waals surface area contributed by atoms with Crippen LogP contribution < -0.4 is 0 Å². The molecule has 0 unspecified atom stereocenters. The van der Waals surface area contributed by atoms with Crippen molar-refractivity contribution in [3.63, 3.8) is 0 Å². The molecule has 0 amide bonds. The highest BCUT2D eigenvalue weighted by Crippen LogP contribution is 2.18. The van der Waals surface area contributed by atoms with Gasteiger partial charge in [-0.05, 0) is 24.8 Å². The van der Waals surface area contributed by atoms with Crippen molar-refractivity contribution in [3.8, 4) is 0 Å². The molecule has 4 nitrogen and oxygen atoms in total. The lowest BCUT2D eigenvalue weighted by Gasteiger charge is -2.07. The third kappa shape index (κ3) is 3.08. The van der Waals surface area contributed by atoms with Crippen LogP contribution in [0.5, 0.6) is 0 Å². The molecule has 4 heteroatoms. The molecular weight excluding hydrogens is 204 g/mol. The Morgan fingerprint density at radius 3 is 2.62 bits per heavy atom. The molecule has 0 spiro atoms. The van der Waals surface area contributed by atoms with Crippen molar-refractivity contribution in [3.05, 3.63) is 17.0 Å². The fourth-order valence-corrected chi connectivity index (χ4v) is 1.96. The normalized spacial score (nSPS) is 11.1. The van der Waals surface area contributed by atoms with Gasteiger partial charge in [-0.25, -0.2) is 0 Å². The van der Waals surface area contributed by atoms with E-state index in [9.17, 15) is 4.79 Å². The number of hydrogen-bond donors (Lipinski definition) is 1. The molecule has 1 aromatic heterocycles. The Kier molecular flexibility index (Phi) is 4.10. The molecule has 0 aliphatic rings. The third-order valence-electron chi connectivity index (χ3n) is 2.66. The van der Waals surface area contributed by atoms with Crippen molar-refractivity contribution in [2.75, 3.05) is 0 Å². The Hall–Kier alpha value is -1.32. The van der Waals surface area contributed by atoms with Crippen LogP contribution in [0.25, 0.3) is 0 Å². The number of carbonyl (C=O) groups is 1. The Bertz CT molecular complexity index is 381. The SMILES string of the molecule is Cc1nn(C)c(CCC(=O)O)c1CC(C)C. The van der Waals surface area contributed by atoms with E-state index in [1.54, 1.807) is 0 Å². The number of aliphatic carboxylic acids is 1. The average Bonchev–Trinajstić information content (AvgIpc) is 2.38. The molecular formula is C12H20N2O2. The van der Waals surface area contributed by atoms with Gasteiger partial charge in [0.1, 0.15) is 0 Å². The summed E-state index contributed by atoms with van der Waals surface area (Å²) in [6, 6.07) is 0. The lowest BCUT2D eigenvalue weighted by molar-refractivity contribution is -0.136. The minimum absolute atomic E-state index is 0.171. The van der Waals surface area contributed by atoms with Gasteiger partial charge in [-0.3, -0.25) is 9.48 Å².